The van der Waals surface area contributed by atoms with Crippen molar-refractivity contribution in [3.63, 3.8) is 0 Å². The minimum Gasteiger partial charge on any atom is -0.449 e. The van der Waals surface area contributed by atoms with Crippen molar-refractivity contribution in [2.45, 2.75) is 39.2 Å². The average molecular weight is 451 g/mol. The number of benzene rings is 2. The Labute approximate surface area is 191 Å². The summed E-state index contributed by atoms with van der Waals surface area (Å²) in [6, 6.07) is 17.6. The smallest absolute Gasteiger partial charge is 0.341 e. The van der Waals surface area contributed by atoms with E-state index in [-0.39, 0.29) is 17.4 Å². The Bertz CT molecular complexity index is 1090. The van der Waals surface area contributed by atoms with E-state index in [0.717, 1.165) is 12.0 Å². The highest BCUT2D eigenvalue weighted by atomic mass is 32.1. The Kier molecular flexibility index (Phi) is 7.78. The summed E-state index contributed by atoms with van der Waals surface area (Å²) in [6.07, 6.45) is -0.0840. The van der Waals surface area contributed by atoms with Crippen molar-refractivity contribution in [1.29, 1.82) is 0 Å². The van der Waals surface area contributed by atoms with E-state index in [0.29, 0.717) is 16.3 Å². The minimum absolute atomic E-state index is 0.178. The zero-order valence-corrected chi connectivity index (χ0v) is 19.1. The van der Waals surface area contributed by atoms with Crippen LogP contribution in [0.5, 0.6) is 0 Å². The first-order chi connectivity index (χ1) is 15.4. The molecule has 0 bridgehead atoms. The van der Waals surface area contributed by atoms with Crippen LogP contribution in [0.3, 0.4) is 0 Å². The maximum atomic E-state index is 12.8. The van der Waals surface area contributed by atoms with Gasteiger partial charge in [0.1, 0.15) is 0 Å². The molecule has 2 atom stereocenters. The van der Waals surface area contributed by atoms with Gasteiger partial charge in [0.25, 0.3) is 11.8 Å². The van der Waals surface area contributed by atoms with Gasteiger partial charge in [0.15, 0.2) is 6.10 Å². The number of carbonyl (C=O) groups excluding carboxylic acids is 3. The number of anilines is 2. The number of rotatable bonds is 8. The Morgan fingerprint density at radius 1 is 0.906 bits per heavy atom. The van der Waals surface area contributed by atoms with Crippen molar-refractivity contribution in [2.75, 3.05) is 10.6 Å². The lowest BCUT2D eigenvalue weighted by Gasteiger charge is -2.18. The second-order valence-electron chi connectivity index (χ2n) is 7.41. The van der Waals surface area contributed by atoms with Gasteiger partial charge in [-0.3, -0.25) is 9.59 Å². The summed E-state index contributed by atoms with van der Waals surface area (Å²) in [7, 11) is 0. The molecule has 0 aliphatic rings. The van der Waals surface area contributed by atoms with Crippen LogP contribution in [-0.2, 0) is 9.53 Å². The molecule has 32 heavy (non-hydrogen) atoms. The van der Waals surface area contributed by atoms with E-state index in [1.807, 2.05) is 24.3 Å². The van der Waals surface area contributed by atoms with Gasteiger partial charge in [-0.2, -0.15) is 0 Å². The first-order valence-corrected chi connectivity index (χ1v) is 11.3. The monoisotopic (exact) mass is 450 g/mol. The summed E-state index contributed by atoms with van der Waals surface area (Å²) < 4.78 is 5.41. The van der Waals surface area contributed by atoms with Gasteiger partial charge in [-0.25, -0.2) is 4.79 Å². The number of thiophene rings is 1. The SMILES string of the molecule is CCC(C)c1ccccc1NC(=O)C(C)OC(=O)c1ccccc1NC(=O)c1cccs1. The molecule has 166 valence electrons. The van der Waals surface area contributed by atoms with Crippen molar-refractivity contribution >= 4 is 40.5 Å². The van der Waals surface area contributed by atoms with E-state index in [1.54, 1.807) is 41.8 Å². The zero-order valence-electron chi connectivity index (χ0n) is 18.3. The van der Waals surface area contributed by atoms with Crippen molar-refractivity contribution in [2.24, 2.45) is 0 Å². The third-order valence-electron chi connectivity index (χ3n) is 5.16. The highest BCUT2D eigenvalue weighted by Crippen LogP contribution is 2.27. The van der Waals surface area contributed by atoms with E-state index < -0.39 is 18.0 Å². The van der Waals surface area contributed by atoms with Crippen molar-refractivity contribution in [1.82, 2.24) is 0 Å². The fourth-order valence-corrected chi connectivity index (χ4v) is 3.75. The van der Waals surface area contributed by atoms with E-state index in [2.05, 4.69) is 24.5 Å². The van der Waals surface area contributed by atoms with Gasteiger partial charge < -0.3 is 15.4 Å². The van der Waals surface area contributed by atoms with Crippen molar-refractivity contribution in [3.8, 4) is 0 Å². The van der Waals surface area contributed by atoms with Crippen LogP contribution in [0.15, 0.2) is 66.0 Å². The molecular weight excluding hydrogens is 424 g/mol. The number of nitrogens with one attached hydrogen (secondary N) is 2. The van der Waals surface area contributed by atoms with Crippen molar-refractivity contribution < 1.29 is 19.1 Å². The summed E-state index contributed by atoms with van der Waals surface area (Å²) in [5, 5.41) is 7.40. The molecule has 0 aliphatic heterocycles. The van der Waals surface area contributed by atoms with Crippen molar-refractivity contribution in [3.05, 3.63) is 82.0 Å². The molecule has 3 aromatic rings. The number of esters is 1. The molecule has 0 radical (unpaired) electrons. The topological polar surface area (TPSA) is 84.5 Å². The van der Waals surface area contributed by atoms with E-state index >= 15 is 0 Å². The van der Waals surface area contributed by atoms with E-state index in [9.17, 15) is 14.4 Å². The lowest BCUT2D eigenvalue weighted by molar-refractivity contribution is -0.123. The summed E-state index contributed by atoms with van der Waals surface area (Å²) in [4.78, 5) is 38.4. The maximum Gasteiger partial charge on any atom is 0.341 e. The third kappa shape index (κ3) is 5.62. The van der Waals surface area contributed by atoms with Crippen LogP contribution < -0.4 is 10.6 Å². The minimum atomic E-state index is -1.02. The van der Waals surface area contributed by atoms with Crippen LogP contribution in [-0.4, -0.2) is 23.9 Å². The summed E-state index contributed by atoms with van der Waals surface area (Å²) in [5.41, 5.74) is 2.24. The molecule has 2 N–H and O–H groups in total. The molecule has 7 heteroatoms. The predicted octanol–water partition coefficient (Wildman–Crippen LogP) is 5.70. The molecule has 0 aliphatic carbocycles. The molecular formula is C25H26N2O4S. The van der Waals surface area contributed by atoms with Gasteiger partial charge in [0.05, 0.1) is 16.1 Å². The Balaban J connectivity index is 1.69. The first kappa shape index (κ1) is 23.2. The van der Waals surface area contributed by atoms with Gasteiger partial charge in [0, 0.05) is 5.69 Å². The largest absolute Gasteiger partial charge is 0.449 e. The molecule has 2 amide bonds. The fraction of sp³-hybridized carbons (Fsp3) is 0.240. The molecule has 3 rings (SSSR count). The second kappa shape index (κ2) is 10.7. The van der Waals surface area contributed by atoms with Crippen LogP contribution >= 0.6 is 11.3 Å². The molecule has 0 saturated heterocycles. The quantitative estimate of drug-likeness (QED) is 0.431. The summed E-state index contributed by atoms with van der Waals surface area (Å²) in [6.45, 7) is 5.70. The third-order valence-corrected chi connectivity index (χ3v) is 6.02. The number of ether oxygens (including phenoxy) is 1. The maximum absolute atomic E-state index is 12.8. The number of para-hydroxylation sites is 2. The van der Waals surface area contributed by atoms with E-state index in [4.69, 9.17) is 4.74 Å². The predicted molar refractivity (Wildman–Crippen MR) is 127 cm³/mol. The number of carbonyl (C=O) groups is 3. The molecule has 1 heterocycles. The Hall–Kier alpha value is -3.45. The average Bonchev–Trinajstić information content (AvgIpc) is 3.34. The van der Waals surface area contributed by atoms with Crippen LogP contribution in [0.2, 0.25) is 0 Å². The van der Waals surface area contributed by atoms with Crippen LogP contribution in [0.25, 0.3) is 0 Å². The zero-order chi connectivity index (χ0) is 23.1. The van der Waals surface area contributed by atoms with Gasteiger partial charge in [-0.05, 0) is 54.5 Å². The molecule has 2 unspecified atom stereocenters. The highest BCUT2D eigenvalue weighted by Gasteiger charge is 2.23. The summed E-state index contributed by atoms with van der Waals surface area (Å²) >= 11 is 1.30. The standard InChI is InChI=1S/C25H26N2O4S/c1-4-16(2)18-10-5-7-12-20(18)26-23(28)17(3)31-25(30)19-11-6-8-13-21(19)27-24(29)22-14-9-15-32-22/h5-17H,4H2,1-3H3,(H,26,28)(H,27,29). The molecule has 0 fully saturated rings. The number of hydrogen-bond acceptors (Lipinski definition) is 5. The molecule has 6 nitrogen and oxygen atoms in total. The van der Waals surface area contributed by atoms with Gasteiger partial charge in [-0.15, -0.1) is 11.3 Å². The van der Waals surface area contributed by atoms with Gasteiger partial charge in [0.2, 0.25) is 0 Å². The summed E-state index contributed by atoms with van der Waals surface area (Å²) in [5.74, 6) is -1.14. The van der Waals surface area contributed by atoms with Crippen LogP contribution in [0, 0.1) is 0 Å². The molecule has 2 aromatic carbocycles. The van der Waals surface area contributed by atoms with E-state index in [1.165, 1.54) is 18.3 Å². The second-order valence-corrected chi connectivity index (χ2v) is 8.36. The number of amides is 2. The van der Waals surface area contributed by atoms with Gasteiger partial charge >= 0.3 is 5.97 Å². The van der Waals surface area contributed by atoms with Crippen LogP contribution in [0.4, 0.5) is 11.4 Å². The number of hydrogen-bond donors (Lipinski definition) is 2. The van der Waals surface area contributed by atoms with Gasteiger partial charge in [-0.1, -0.05) is 50.2 Å². The molecule has 0 spiro atoms. The lowest BCUT2D eigenvalue weighted by Crippen LogP contribution is -2.30. The lowest BCUT2D eigenvalue weighted by atomic mass is 9.97. The Morgan fingerprint density at radius 3 is 2.28 bits per heavy atom. The van der Waals surface area contributed by atoms with Crippen LogP contribution in [0.1, 0.15) is 58.7 Å². The highest BCUT2D eigenvalue weighted by molar-refractivity contribution is 7.12. The molecule has 0 saturated carbocycles. The fourth-order valence-electron chi connectivity index (χ4n) is 3.13. The first-order valence-electron chi connectivity index (χ1n) is 10.4. The Morgan fingerprint density at radius 2 is 1.59 bits per heavy atom. The molecule has 1 aromatic heterocycles. The normalized spacial score (nSPS) is 12.5.